The second-order valence-electron chi connectivity index (χ2n) is 9.48. The van der Waals surface area contributed by atoms with Gasteiger partial charge in [-0.1, -0.05) is 105 Å². The number of benzene rings is 4. The highest BCUT2D eigenvalue weighted by atomic mass is 15.1. The average molecular weight is 470 g/mol. The average Bonchev–Trinajstić information content (AvgIpc) is 3.14. The normalized spacial score (nSPS) is 13.1. The van der Waals surface area contributed by atoms with E-state index in [2.05, 4.69) is 142 Å². The number of hydrogen-bond acceptors (Lipinski definition) is 1. The van der Waals surface area contributed by atoms with Crippen LogP contribution in [-0.2, 0) is 5.41 Å². The summed E-state index contributed by atoms with van der Waals surface area (Å²) in [7, 11) is 0. The first-order valence-electron chi connectivity index (χ1n) is 12.5. The lowest BCUT2D eigenvalue weighted by Crippen LogP contribution is -2.17. The van der Waals surface area contributed by atoms with E-state index >= 15 is 0 Å². The molecule has 0 heterocycles. The van der Waals surface area contributed by atoms with Gasteiger partial charge in [0.15, 0.2) is 0 Å². The predicted octanol–water partition coefficient (Wildman–Crippen LogP) is 10.1. The summed E-state index contributed by atoms with van der Waals surface area (Å²) in [6.07, 6.45) is 5.80. The first-order valence-corrected chi connectivity index (χ1v) is 12.5. The summed E-state index contributed by atoms with van der Waals surface area (Å²) in [5.41, 5.74) is 11.2. The van der Waals surface area contributed by atoms with Gasteiger partial charge in [-0.15, -0.1) is 6.58 Å². The SMILES string of the molecule is C=C/C(=C\C)N(c1cccc(-c2ccccc2)c1)c1ccc2c(c1)-c1ccccc1C2(C)C.C=CC. The fourth-order valence-corrected chi connectivity index (χ4v) is 5.09. The Bertz CT molecular complexity index is 1410. The highest BCUT2D eigenvalue weighted by Gasteiger charge is 2.35. The lowest BCUT2D eigenvalue weighted by molar-refractivity contribution is 0.660. The molecule has 1 heteroatoms. The van der Waals surface area contributed by atoms with Gasteiger partial charge in [-0.25, -0.2) is 0 Å². The van der Waals surface area contributed by atoms with E-state index in [1.54, 1.807) is 6.08 Å². The maximum atomic E-state index is 4.11. The summed E-state index contributed by atoms with van der Waals surface area (Å²) >= 11 is 0. The largest absolute Gasteiger partial charge is 0.311 e. The molecular formula is C35H35N. The van der Waals surface area contributed by atoms with E-state index in [1.165, 1.54) is 33.4 Å². The number of hydrogen-bond donors (Lipinski definition) is 0. The Balaban J connectivity index is 0.000000967. The van der Waals surface area contributed by atoms with Crippen LogP contribution in [0.2, 0.25) is 0 Å². The molecule has 0 bridgehead atoms. The van der Waals surface area contributed by atoms with Gasteiger partial charge in [0.1, 0.15) is 0 Å². The maximum Gasteiger partial charge on any atom is 0.0467 e. The zero-order valence-electron chi connectivity index (χ0n) is 21.8. The molecule has 0 amide bonds. The molecule has 36 heavy (non-hydrogen) atoms. The molecule has 4 aromatic carbocycles. The van der Waals surface area contributed by atoms with Gasteiger partial charge < -0.3 is 4.90 Å². The lowest BCUT2D eigenvalue weighted by atomic mass is 9.82. The molecule has 0 aliphatic heterocycles. The number of allylic oxidation sites excluding steroid dienone is 3. The Morgan fingerprint density at radius 3 is 1.97 bits per heavy atom. The van der Waals surface area contributed by atoms with Crippen LogP contribution in [0.15, 0.2) is 134 Å². The Morgan fingerprint density at radius 1 is 0.667 bits per heavy atom. The first-order chi connectivity index (χ1) is 17.5. The topological polar surface area (TPSA) is 3.24 Å². The van der Waals surface area contributed by atoms with Gasteiger partial charge in [0, 0.05) is 22.5 Å². The minimum absolute atomic E-state index is 0.00434. The van der Waals surface area contributed by atoms with Crippen molar-refractivity contribution in [3.8, 4) is 22.3 Å². The van der Waals surface area contributed by atoms with Gasteiger partial charge in [0.05, 0.1) is 0 Å². The molecule has 180 valence electrons. The summed E-state index contributed by atoms with van der Waals surface area (Å²) in [4.78, 5) is 2.30. The summed E-state index contributed by atoms with van der Waals surface area (Å²) in [5, 5.41) is 0. The van der Waals surface area contributed by atoms with Gasteiger partial charge >= 0.3 is 0 Å². The number of anilines is 2. The molecule has 1 aliphatic carbocycles. The maximum absolute atomic E-state index is 4.11. The molecule has 1 aliphatic rings. The highest BCUT2D eigenvalue weighted by molar-refractivity contribution is 5.85. The third-order valence-electron chi connectivity index (χ3n) is 6.80. The quantitative estimate of drug-likeness (QED) is 0.208. The van der Waals surface area contributed by atoms with E-state index in [-0.39, 0.29) is 5.41 Å². The summed E-state index contributed by atoms with van der Waals surface area (Å²) < 4.78 is 0. The first kappa shape index (κ1) is 25.0. The minimum atomic E-state index is 0.00434. The van der Waals surface area contributed by atoms with Crippen LogP contribution in [0.4, 0.5) is 11.4 Å². The zero-order chi connectivity index (χ0) is 25.7. The van der Waals surface area contributed by atoms with Gasteiger partial charge in [0.25, 0.3) is 0 Å². The molecule has 4 aromatic rings. The Morgan fingerprint density at radius 2 is 1.28 bits per heavy atom. The van der Waals surface area contributed by atoms with Crippen molar-refractivity contribution in [2.45, 2.75) is 33.1 Å². The van der Waals surface area contributed by atoms with Crippen molar-refractivity contribution in [1.82, 2.24) is 0 Å². The number of fused-ring (bicyclic) bond motifs is 3. The van der Waals surface area contributed by atoms with Crippen LogP contribution in [0.5, 0.6) is 0 Å². The van der Waals surface area contributed by atoms with Crippen molar-refractivity contribution < 1.29 is 0 Å². The molecule has 5 rings (SSSR count). The molecule has 0 aromatic heterocycles. The van der Waals surface area contributed by atoms with Crippen molar-refractivity contribution in [3.63, 3.8) is 0 Å². The third kappa shape index (κ3) is 4.57. The highest BCUT2D eigenvalue weighted by Crippen LogP contribution is 2.50. The molecule has 1 nitrogen and oxygen atoms in total. The monoisotopic (exact) mass is 469 g/mol. The fourth-order valence-electron chi connectivity index (χ4n) is 5.09. The van der Waals surface area contributed by atoms with Crippen molar-refractivity contribution in [1.29, 1.82) is 0 Å². The summed E-state index contributed by atoms with van der Waals surface area (Å²) in [5.74, 6) is 0. The van der Waals surface area contributed by atoms with Crippen molar-refractivity contribution in [2.24, 2.45) is 0 Å². The van der Waals surface area contributed by atoms with Gasteiger partial charge in [0.2, 0.25) is 0 Å². The molecule has 0 atom stereocenters. The van der Waals surface area contributed by atoms with Crippen LogP contribution >= 0.6 is 0 Å². The minimum Gasteiger partial charge on any atom is -0.311 e. The molecule has 0 N–H and O–H groups in total. The van der Waals surface area contributed by atoms with Crippen LogP contribution < -0.4 is 4.90 Å². The molecule has 0 fully saturated rings. The van der Waals surface area contributed by atoms with E-state index < -0.39 is 0 Å². The van der Waals surface area contributed by atoms with E-state index in [1.807, 2.05) is 13.0 Å². The molecule has 0 saturated carbocycles. The molecular weight excluding hydrogens is 434 g/mol. The zero-order valence-corrected chi connectivity index (χ0v) is 21.8. The summed E-state index contributed by atoms with van der Waals surface area (Å²) in [6, 6.07) is 34.9. The number of nitrogens with zero attached hydrogens (tertiary/aromatic N) is 1. The standard InChI is InChI=1S/C32H29N.C3H6/c1-5-25(6-2)33(26-16-12-15-24(21-26)23-13-8-7-9-14-23)27-19-20-31-29(22-27)28-17-10-11-18-30(28)32(31,3)4;1-3-2/h5-22H,1H2,2-4H3;3H,1H2,2H3/b25-6+;. The second-order valence-corrected chi connectivity index (χ2v) is 9.48. The lowest BCUT2D eigenvalue weighted by Gasteiger charge is -2.28. The molecule has 0 saturated heterocycles. The van der Waals surface area contributed by atoms with Crippen molar-refractivity contribution in [3.05, 3.63) is 145 Å². The van der Waals surface area contributed by atoms with E-state index in [0.717, 1.165) is 17.1 Å². The van der Waals surface area contributed by atoms with Gasteiger partial charge in [-0.3, -0.25) is 0 Å². The van der Waals surface area contributed by atoms with Gasteiger partial charge in [-0.05, 0) is 77.6 Å². The van der Waals surface area contributed by atoms with Crippen LogP contribution in [0.25, 0.3) is 22.3 Å². The van der Waals surface area contributed by atoms with E-state index in [9.17, 15) is 0 Å². The van der Waals surface area contributed by atoms with Crippen LogP contribution in [0.3, 0.4) is 0 Å². The molecule has 0 radical (unpaired) electrons. The van der Waals surface area contributed by atoms with E-state index in [4.69, 9.17) is 0 Å². The van der Waals surface area contributed by atoms with Crippen LogP contribution in [-0.4, -0.2) is 0 Å². The summed E-state index contributed by atoms with van der Waals surface area (Å²) in [6.45, 7) is 16.1. The third-order valence-corrected chi connectivity index (χ3v) is 6.80. The Labute approximate surface area is 216 Å². The molecule has 0 unspecified atom stereocenters. The molecule has 0 spiro atoms. The smallest absolute Gasteiger partial charge is 0.0467 e. The van der Waals surface area contributed by atoms with Crippen molar-refractivity contribution in [2.75, 3.05) is 4.90 Å². The van der Waals surface area contributed by atoms with E-state index in [0.29, 0.717) is 0 Å². The van der Waals surface area contributed by atoms with Crippen molar-refractivity contribution >= 4 is 11.4 Å². The number of rotatable bonds is 5. The Hall–Kier alpha value is -4.10. The van der Waals surface area contributed by atoms with Crippen LogP contribution in [0.1, 0.15) is 38.8 Å². The Kier molecular flexibility index (Phi) is 7.41. The van der Waals surface area contributed by atoms with Crippen LogP contribution in [0, 0.1) is 0 Å². The second kappa shape index (κ2) is 10.7. The predicted molar refractivity (Wildman–Crippen MR) is 158 cm³/mol. The fraction of sp³-hybridized carbons (Fsp3) is 0.143. The van der Waals surface area contributed by atoms with Gasteiger partial charge in [-0.2, -0.15) is 0 Å².